The second-order valence-electron chi connectivity index (χ2n) is 9.43. The predicted octanol–water partition coefficient (Wildman–Crippen LogP) is 3.48. The van der Waals surface area contributed by atoms with Crippen molar-refractivity contribution in [2.75, 3.05) is 32.7 Å². The molecule has 2 aliphatic rings. The van der Waals surface area contributed by atoms with Crippen molar-refractivity contribution in [2.45, 2.75) is 26.4 Å². The van der Waals surface area contributed by atoms with Gasteiger partial charge in [0.2, 0.25) is 5.91 Å². The van der Waals surface area contributed by atoms with E-state index in [2.05, 4.69) is 5.32 Å². The van der Waals surface area contributed by atoms with Gasteiger partial charge >= 0.3 is 0 Å². The summed E-state index contributed by atoms with van der Waals surface area (Å²) in [6.45, 7) is 6.21. The number of halogens is 2. The van der Waals surface area contributed by atoms with Gasteiger partial charge < -0.3 is 10.2 Å². The summed E-state index contributed by atoms with van der Waals surface area (Å²) >= 11 is 0.766. The Balaban J connectivity index is 1.34. The summed E-state index contributed by atoms with van der Waals surface area (Å²) in [5.74, 6) is -2.72. The lowest BCUT2D eigenvalue weighted by molar-refractivity contribution is -0.124. The van der Waals surface area contributed by atoms with Gasteiger partial charge in [-0.2, -0.15) is 0 Å². The van der Waals surface area contributed by atoms with Crippen LogP contribution in [0.2, 0.25) is 0 Å². The van der Waals surface area contributed by atoms with E-state index in [1.165, 1.54) is 6.07 Å². The van der Waals surface area contributed by atoms with Crippen molar-refractivity contribution in [2.24, 2.45) is 0 Å². The van der Waals surface area contributed by atoms with Gasteiger partial charge in [-0.15, -0.1) is 0 Å². The van der Waals surface area contributed by atoms with Crippen LogP contribution in [0, 0.1) is 11.6 Å². The Hall–Kier alpha value is -3.57. The Kier molecular flexibility index (Phi) is 8.58. The molecule has 4 amide bonds. The third kappa shape index (κ3) is 6.65. The Morgan fingerprint density at radius 3 is 2.32 bits per heavy atom. The maximum absolute atomic E-state index is 13.5. The molecular weight excluding hydrogens is 514 g/mol. The van der Waals surface area contributed by atoms with Crippen LogP contribution in [0.5, 0.6) is 0 Å². The van der Waals surface area contributed by atoms with Crippen molar-refractivity contribution in [3.63, 3.8) is 0 Å². The minimum absolute atomic E-state index is 0.0300. The molecule has 11 heteroatoms. The third-order valence-corrected chi connectivity index (χ3v) is 7.04. The molecule has 2 fully saturated rings. The lowest BCUT2D eigenvalue weighted by Crippen LogP contribution is -2.51. The number of hydrogen-bond donors (Lipinski definition) is 1. The molecule has 8 nitrogen and oxygen atoms in total. The number of benzene rings is 2. The van der Waals surface area contributed by atoms with Crippen LogP contribution in [0.15, 0.2) is 47.4 Å². The Labute approximate surface area is 223 Å². The van der Waals surface area contributed by atoms with E-state index in [0.717, 1.165) is 28.8 Å². The molecule has 0 aromatic heterocycles. The molecule has 2 aromatic carbocycles. The van der Waals surface area contributed by atoms with Crippen LogP contribution in [0.4, 0.5) is 13.6 Å². The highest BCUT2D eigenvalue weighted by Crippen LogP contribution is 2.33. The summed E-state index contributed by atoms with van der Waals surface area (Å²) < 4.78 is 26.7. The van der Waals surface area contributed by atoms with Crippen LogP contribution >= 0.6 is 11.8 Å². The number of amides is 4. The average molecular weight is 543 g/mol. The number of carbonyl (C=O) groups is 4. The van der Waals surface area contributed by atoms with Crippen molar-refractivity contribution in [3.05, 3.63) is 75.7 Å². The topological polar surface area (TPSA) is 90.0 Å². The number of nitrogens with one attached hydrogen (secondary N) is 1. The Bertz CT molecular complexity index is 1270. The summed E-state index contributed by atoms with van der Waals surface area (Å²) in [6, 6.07) is 10.1. The van der Waals surface area contributed by atoms with Crippen LogP contribution < -0.4 is 5.32 Å². The number of piperazine rings is 1. The molecular formula is C27H28F2N4O4S. The highest BCUT2D eigenvalue weighted by Gasteiger charge is 2.35. The second-order valence-corrected chi connectivity index (χ2v) is 10.4. The van der Waals surface area contributed by atoms with Gasteiger partial charge in [0.15, 0.2) is 11.6 Å². The van der Waals surface area contributed by atoms with Crippen molar-refractivity contribution >= 4 is 40.8 Å². The quantitative estimate of drug-likeness (QED) is 0.539. The fourth-order valence-electron chi connectivity index (χ4n) is 4.19. The van der Waals surface area contributed by atoms with E-state index in [0.29, 0.717) is 49.4 Å². The van der Waals surface area contributed by atoms with Crippen molar-refractivity contribution in [1.29, 1.82) is 0 Å². The van der Waals surface area contributed by atoms with Crippen molar-refractivity contribution in [3.8, 4) is 0 Å². The molecule has 200 valence electrons. The van der Waals surface area contributed by atoms with Gasteiger partial charge in [-0.25, -0.2) is 8.78 Å². The third-order valence-electron chi connectivity index (χ3n) is 6.13. The molecule has 0 unspecified atom stereocenters. The smallest absolute Gasteiger partial charge is 0.293 e. The minimum Gasteiger partial charge on any atom is -0.353 e. The first-order valence-corrected chi connectivity index (χ1v) is 13.0. The molecule has 2 aromatic rings. The second kappa shape index (κ2) is 11.9. The van der Waals surface area contributed by atoms with Gasteiger partial charge in [-0.3, -0.25) is 29.0 Å². The van der Waals surface area contributed by atoms with Gasteiger partial charge in [-0.1, -0.05) is 18.2 Å². The van der Waals surface area contributed by atoms with E-state index in [4.69, 9.17) is 0 Å². The summed E-state index contributed by atoms with van der Waals surface area (Å²) in [4.78, 5) is 55.0. The van der Waals surface area contributed by atoms with E-state index in [1.54, 1.807) is 35.2 Å². The van der Waals surface area contributed by atoms with Crippen LogP contribution in [-0.2, 0) is 16.1 Å². The minimum atomic E-state index is -1.05. The monoisotopic (exact) mass is 542 g/mol. The van der Waals surface area contributed by atoms with Gasteiger partial charge in [0, 0.05) is 37.8 Å². The van der Waals surface area contributed by atoms with Crippen molar-refractivity contribution in [1.82, 2.24) is 20.0 Å². The number of hydrogen-bond acceptors (Lipinski definition) is 6. The zero-order valence-electron chi connectivity index (χ0n) is 21.1. The molecule has 0 bridgehead atoms. The predicted molar refractivity (Wildman–Crippen MR) is 140 cm³/mol. The highest BCUT2D eigenvalue weighted by molar-refractivity contribution is 8.18. The molecule has 0 aliphatic carbocycles. The number of imide groups is 1. The zero-order valence-corrected chi connectivity index (χ0v) is 21.9. The fourth-order valence-corrected chi connectivity index (χ4v) is 5.03. The summed E-state index contributed by atoms with van der Waals surface area (Å²) in [5.41, 5.74) is 1.44. The van der Waals surface area contributed by atoms with Crippen LogP contribution in [0.1, 0.15) is 35.3 Å². The largest absolute Gasteiger partial charge is 0.353 e. The average Bonchev–Trinajstić information content (AvgIpc) is 3.13. The van der Waals surface area contributed by atoms with Gasteiger partial charge in [0.25, 0.3) is 17.1 Å². The molecule has 0 atom stereocenters. The lowest BCUT2D eigenvalue weighted by atomic mass is 10.1. The van der Waals surface area contributed by atoms with E-state index in [-0.39, 0.29) is 29.3 Å². The van der Waals surface area contributed by atoms with Gasteiger partial charge in [0.05, 0.1) is 18.0 Å². The normalized spacial score (nSPS) is 17.6. The van der Waals surface area contributed by atoms with Crippen LogP contribution in [-0.4, -0.2) is 76.4 Å². The lowest BCUT2D eigenvalue weighted by Gasteiger charge is -2.34. The maximum Gasteiger partial charge on any atom is 0.293 e. The first-order chi connectivity index (χ1) is 18.1. The zero-order chi connectivity index (χ0) is 27.4. The number of carbonyl (C=O) groups excluding carboxylic acids is 4. The highest BCUT2D eigenvalue weighted by atomic mass is 32.2. The first-order valence-electron chi connectivity index (χ1n) is 12.2. The number of rotatable bonds is 7. The van der Waals surface area contributed by atoms with E-state index in [1.807, 2.05) is 18.7 Å². The van der Waals surface area contributed by atoms with E-state index < -0.39 is 22.8 Å². The Morgan fingerprint density at radius 1 is 1.00 bits per heavy atom. The summed E-state index contributed by atoms with van der Waals surface area (Å²) in [6.07, 6.45) is 1.56. The molecule has 0 saturated carbocycles. The van der Waals surface area contributed by atoms with E-state index >= 15 is 0 Å². The first kappa shape index (κ1) is 27.5. The fraction of sp³-hybridized carbons (Fsp3) is 0.333. The Morgan fingerprint density at radius 2 is 1.68 bits per heavy atom. The molecule has 38 heavy (non-hydrogen) atoms. The van der Waals surface area contributed by atoms with Crippen LogP contribution in [0.25, 0.3) is 6.08 Å². The number of thioether (sulfide) groups is 1. The number of nitrogens with zero attached hydrogens (tertiary/aromatic N) is 3. The molecule has 2 heterocycles. The van der Waals surface area contributed by atoms with E-state index in [9.17, 15) is 28.0 Å². The molecule has 0 spiro atoms. The SMILES string of the molecule is CC(C)NC(=O)CN1CCN(C(=O)c2ccc(/C=C3\SC(=O)N(Cc4ccc(F)c(F)c4)C3=O)cc2)CC1. The molecule has 2 aliphatic heterocycles. The van der Waals surface area contributed by atoms with Crippen LogP contribution in [0.3, 0.4) is 0 Å². The van der Waals surface area contributed by atoms with Crippen molar-refractivity contribution < 1.29 is 28.0 Å². The molecule has 2 saturated heterocycles. The standard InChI is InChI=1S/C27H28F2N4O4S/c1-17(2)30-24(34)16-31-9-11-32(12-10-31)25(35)20-6-3-18(4-7-20)14-23-26(36)33(27(37)38-23)15-19-5-8-21(28)22(29)13-19/h3-8,13-14,17H,9-12,15-16H2,1-2H3,(H,30,34)/b23-14-. The molecule has 0 radical (unpaired) electrons. The van der Waals surface area contributed by atoms with Gasteiger partial charge in [-0.05, 0) is 67.1 Å². The maximum atomic E-state index is 13.5. The summed E-state index contributed by atoms with van der Waals surface area (Å²) in [7, 11) is 0. The molecule has 1 N–H and O–H groups in total. The summed E-state index contributed by atoms with van der Waals surface area (Å²) in [5, 5.41) is 2.37. The van der Waals surface area contributed by atoms with Gasteiger partial charge in [0.1, 0.15) is 0 Å². The molecule has 4 rings (SSSR count).